The van der Waals surface area contributed by atoms with E-state index in [9.17, 15) is 19.5 Å². The van der Waals surface area contributed by atoms with Gasteiger partial charge in [-0.05, 0) is 57.1 Å². The molecule has 6 heteroatoms. The summed E-state index contributed by atoms with van der Waals surface area (Å²) in [6, 6.07) is 0. The molecule has 2 fully saturated rings. The number of hydrogen-bond donors (Lipinski definition) is 1. The van der Waals surface area contributed by atoms with Gasteiger partial charge in [-0.25, -0.2) is 0 Å². The van der Waals surface area contributed by atoms with Gasteiger partial charge in [0.15, 0.2) is 11.6 Å². The fourth-order valence-corrected chi connectivity index (χ4v) is 5.05. The van der Waals surface area contributed by atoms with E-state index in [4.69, 9.17) is 9.47 Å². The number of aliphatic hydroxyl groups is 1. The number of carbonyl (C=O) groups is 3. The van der Waals surface area contributed by atoms with E-state index in [2.05, 4.69) is 0 Å². The first-order valence-electron chi connectivity index (χ1n) is 10.5. The lowest BCUT2D eigenvalue weighted by atomic mass is 9.78. The zero-order chi connectivity index (χ0) is 20.6. The zero-order valence-electron chi connectivity index (χ0n) is 17.3. The molecular weight excluding hydrogens is 360 g/mol. The van der Waals surface area contributed by atoms with Crippen LogP contribution in [0.5, 0.6) is 0 Å². The molecule has 0 aromatic carbocycles. The van der Waals surface area contributed by atoms with Crippen molar-refractivity contribution >= 4 is 17.5 Å². The highest BCUT2D eigenvalue weighted by Gasteiger charge is 2.48. The fraction of sp³-hybridized carbons (Fsp3) is 0.773. The Kier molecular flexibility index (Phi) is 6.11. The van der Waals surface area contributed by atoms with Crippen LogP contribution in [0.2, 0.25) is 0 Å². The third-order valence-corrected chi connectivity index (χ3v) is 6.59. The first-order chi connectivity index (χ1) is 13.1. The average molecular weight is 392 g/mol. The Morgan fingerprint density at radius 1 is 1.29 bits per heavy atom. The van der Waals surface area contributed by atoms with Crippen molar-refractivity contribution in [2.75, 3.05) is 0 Å². The van der Waals surface area contributed by atoms with Crippen molar-refractivity contribution in [1.29, 1.82) is 0 Å². The van der Waals surface area contributed by atoms with E-state index in [1.54, 1.807) is 13.0 Å². The summed E-state index contributed by atoms with van der Waals surface area (Å²) in [5.74, 6) is -1.95. The van der Waals surface area contributed by atoms with E-state index in [0.29, 0.717) is 24.8 Å². The van der Waals surface area contributed by atoms with Gasteiger partial charge in [-0.3, -0.25) is 14.4 Å². The highest BCUT2D eigenvalue weighted by Crippen LogP contribution is 2.42. The molecule has 6 nitrogen and oxygen atoms in total. The molecule has 0 saturated carbocycles. The van der Waals surface area contributed by atoms with Crippen molar-refractivity contribution in [2.45, 2.75) is 90.1 Å². The van der Waals surface area contributed by atoms with E-state index in [-0.39, 0.29) is 23.9 Å². The molecule has 1 N–H and O–H groups in total. The molecule has 7 atom stereocenters. The van der Waals surface area contributed by atoms with Gasteiger partial charge < -0.3 is 14.6 Å². The molecule has 4 aliphatic rings. The van der Waals surface area contributed by atoms with Gasteiger partial charge in [-0.2, -0.15) is 0 Å². The molecule has 0 unspecified atom stereocenters. The monoisotopic (exact) mass is 392 g/mol. The summed E-state index contributed by atoms with van der Waals surface area (Å²) in [7, 11) is 0. The van der Waals surface area contributed by atoms with Crippen LogP contribution in [0.25, 0.3) is 0 Å². The van der Waals surface area contributed by atoms with E-state index in [0.717, 1.165) is 12.8 Å². The predicted octanol–water partition coefficient (Wildman–Crippen LogP) is 2.76. The lowest BCUT2D eigenvalue weighted by molar-refractivity contribution is -0.172. The van der Waals surface area contributed by atoms with Gasteiger partial charge in [0.25, 0.3) is 0 Å². The number of hydrogen-bond acceptors (Lipinski definition) is 6. The van der Waals surface area contributed by atoms with E-state index in [1.807, 2.05) is 20.8 Å². The van der Waals surface area contributed by atoms with E-state index < -0.39 is 41.7 Å². The molecule has 0 amide bonds. The maximum absolute atomic E-state index is 13.1. The third-order valence-electron chi connectivity index (χ3n) is 6.59. The van der Waals surface area contributed by atoms with Crippen LogP contribution < -0.4 is 0 Å². The Hall–Kier alpha value is -1.53. The summed E-state index contributed by atoms with van der Waals surface area (Å²) in [6.07, 6.45) is 2.57. The second kappa shape index (κ2) is 8.07. The molecule has 4 heterocycles. The van der Waals surface area contributed by atoms with Gasteiger partial charge in [-0.15, -0.1) is 0 Å². The van der Waals surface area contributed by atoms with Gasteiger partial charge in [0.05, 0.1) is 23.7 Å². The Labute approximate surface area is 166 Å². The predicted molar refractivity (Wildman–Crippen MR) is 102 cm³/mol. The number of carbonyl (C=O) groups excluding carboxylic acids is 3. The highest BCUT2D eigenvalue weighted by molar-refractivity contribution is 6.03. The standard InChI is InChI=1S/C22H32O6/c1-5-6-14-18-10-16(23)12(2)9-17(24)20-13(3)11-22(4,28-20)8-7-15(19(14)25)21(26)27-18/h9,13-15,17-18,20,24H,5-8,10-11H2,1-4H3/t13-,14+,15+,17+,18+,20-,22-/m0/s1. The molecular formula is C22H32O6. The SMILES string of the molecule is CCC[C@H]1C(=O)[C@H]2CC[C@@]3(C)C[C@H](C)[C@H](O3)[C@H](O)C=C(C)C(=O)C[C@H]1OC2=O. The molecule has 4 bridgehead atoms. The zero-order valence-corrected chi connectivity index (χ0v) is 17.3. The van der Waals surface area contributed by atoms with Crippen molar-refractivity contribution in [3.8, 4) is 0 Å². The summed E-state index contributed by atoms with van der Waals surface area (Å²) in [6.45, 7) is 7.62. The summed E-state index contributed by atoms with van der Waals surface area (Å²) >= 11 is 0. The van der Waals surface area contributed by atoms with Crippen LogP contribution in [0.4, 0.5) is 0 Å². The molecule has 156 valence electrons. The number of aliphatic hydroxyl groups excluding tert-OH is 1. The quantitative estimate of drug-likeness (QED) is 0.574. The van der Waals surface area contributed by atoms with Crippen LogP contribution in [0.1, 0.15) is 66.2 Å². The second-order valence-corrected chi connectivity index (χ2v) is 9.05. The molecule has 0 aliphatic carbocycles. The molecule has 2 saturated heterocycles. The van der Waals surface area contributed by atoms with E-state index in [1.165, 1.54) is 0 Å². The second-order valence-electron chi connectivity index (χ2n) is 9.05. The molecule has 28 heavy (non-hydrogen) atoms. The van der Waals surface area contributed by atoms with Crippen LogP contribution >= 0.6 is 0 Å². The summed E-state index contributed by atoms with van der Waals surface area (Å²) in [4.78, 5) is 38.4. The van der Waals surface area contributed by atoms with Gasteiger partial charge in [0, 0.05) is 6.42 Å². The molecule has 0 radical (unpaired) electrons. The van der Waals surface area contributed by atoms with Crippen molar-refractivity contribution in [2.24, 2.45) is 17.8 Å². The first kappa shape index (κ1) is 21.2. The highest BCUT2D eigenvalue weighted by atomic mass is 16.5. The molecule has 0 aromatic heterocycles. The molecule has 0 spiro atoms. The molecule has 0 aromatic rings. The topological polar surface area (TPSA) is 89.9 Å². The third kappa shape index (κ3) is 4.08. The molecule has 4 aliphatic heterocycles. The lowest BCUT2D eigenvalue weighted by Gasteiger charge is -2.35. The van der Waals surface area contributed by atoms with Gasteiger partial charge in [-0.1, -0.05) is 20.3 Å². The smallest absolute Gasteiger partial charge is 0.316 e. The minimum atomic E-state index is -0.864. The normalized spacial score (nSPS) is 42.2. The van der Waals surface area contributed by atoms with Crippen molar-refractivity contribution in [3.63, 3.8) is 0 Å². The minimum absolute atomic E-state index is 0.0251. The van der Waals surface area contributed by atoms with E-state index >= 15 is 0 Å². The van der Waals surface area contributed by atoms with Crippen molar-refractivity contribution in [3.05, 3.63) is 11.6 Å². The van der Waals surface area contributed by atoms with Crippen molar-refractivity contribution in [1.82, 2.24) is 0 Å². The number of Topliss-reactive ketones (excluding diaryl/α,β-unsaturated/α-hetero) is 2. The number of esters is 1. The maximum atomic E-state index is 13.1. The van der Waals surface area contributed by atoms with Gasteiger partial charge in [0.2, 0.25) is 0 Å². The first-order valence-corrected chi connectivity index (χ1v) is 10.5. The van der Waals surface area contributed by atoms with Crippen LogP contribution in [-0.2, 0) is 23.9 Å². The Balaban J connectivity index is 1.97. The van der Waals surface area contributed by atoms with Crippen LogP contribution in [0.3, 0.4) is 0 Å². The number of ether oxygens (including phenoxy) is 2. The average Bonchev–Trinajstić information content (AvgIpc) is 2.92. The van der Waals surface area contributed by atoms with Crippen LogP contribution in [-0.4, -0.2) is 46.6 Å². The maximum Gasteiger partial charge on any atom is 0.316 e. The van der Waals surface area contributed by atoms with Gasteiger partial charge in [0.1, 0.15) is 12.0 Å². The summed E-state index contributed by atoms with van der Waals surface area (Å²) in [5.41, 5.74) is -0.103. The Bertz CT molecular complexity index is 683. The van der Waals surface area contributed by atoms with Crippen molar-refractivity contribution < 1.29 is 29.0 Å². The number of allylic oxidation sites excluding steroid dienone is 1. The fourth-order valence-electron chi connectivity index (χ4n) is 5.05. The number of fused-ring (bicyclic) bond motifs is 6. The number of rotatable bonds is 2. The minimum Gasteiger partial charge on any atom is -0.461 e. The lowest BCUT2D eigenvalue weighted by Crippen LogP contribution is -2.47. The Morgan fingerprint density at radius 3 is 2.68 bits per heavy atom. The molecule has 4 rings (SSSR count). The summed E-state index contributed by atoms with van der Waals surface area (Å²) in [5, 5.41) is 10.6. The largest absolute Gasteiger partial charge is 0.461 e. The van der Waals surface area contributed by atoms with Gasteiger partial charge >= 0.3 is 5.97 Å². The van der Waals surface area contributed by atoms with Crippen LogP contribution in [0, 0.1) is 17.8 Å². The summed E-state index contributed by atoms with van der Waals surface area (Å²) < 4.78 is 11.8. The Morgan fingerprint density at radius 2 is 2.00 bits per heavy atom. The van der Waals surface area contributed by atoms with Crippen LogP contribution in [0.15, 0.2) is 11.6 Å². The number of ketones is 2.